The lowest BCUT2D eigenvalue weighted by Gasteiger charge is -2.29. The van der Waals surface area contributed by atoms with E-state index in [0.717, 1.165) is 24.4 Å². The van der Waals surface area contributed by atoms with Gasteiger partial charge in [0, 0.05) is 32.0 Å². The Morgan fingerprint density at radius 1 is 1.62 bits per heavy atom. The third kappa shape index (κ3) is 2.03. The molecule has 0 spiro atoms. The van der Waals surface area contributed by atoms with Crippen molar-refractivity contribution < 1.29 is 4.74 Å². The molecule has 1 aromatic heterocycles. The number of hydrogen-bond acceptors (Lipinski definition) is 4. The van der Waals surface area contributed by atoms with Crippen molar-refractivity contribution in [1.29, 1.82) is 0 Å². The molecule has 16 heavy (non-hydrogen) atoms. The second-order valence-electron chi connectivity index (χ2n) is 4.23. The van der Waals surface area contributed by atoms with Crippen LogP contribution >= 0.6 is 0 Å². The molecule has 1 aromatic rings. The summed E-state index contributed by atoms with van der Waals surface area (Å²) in [6, 6.07) is 4.35. The van der Waals surface area contributed by atoms with Gasteiger partial charge >= 0.3 is 0 Å². The lowest BCUT2D eigenvalue weighted by molar-refractivity contribution is 0.118. The summed E-state index contributed by atoms with van der Waals surface area (Å²) in [6.07, 6.45) is 3.13. The highest BCUT2D eigenvalue weighted by Crippen LogP contribution is 2.24. The van der Waals surface area contributed by atoms with Crippen molar-refractivity contribution in [2.45, 2.75) is 32.0 Å². The van der Waals surface area contributed by atoms with Crippen molar-refractivity contribution in [2.24, 2.45) is 5.73 Å². The molecule has 2 N–H and O–H groups in total. The quantitative estimate of drug-likeness (QED) is 0.832. The zero-order valence-electron chi connectivity index (χ0n) is 9.89. The van der Waals surface area contributed by atoms with Crippen LogP contribution in [0.4, 0.5) is 5.82 Å². The van der Waals surface area contributed by atoms with E-state index >= 15 is 0 Å². The van der Waals surface area contributed by atoms with Gasteiger partial charge in [-0.05, 0) is 19.4 Å². The van der Waals surface area contributed by atoms with Gasteiger partial charge in [-0.1, -0.05) is 6.07 Å². The number of nitrogens with zero attached hydrogens (tertiary/aromatic N) is 2. The molecule has 0 bridgehead atoms. The smallest absolute Gasteiger partial charge is 0.133 e. The molecule has 0 aromatic carbocycles. The topological polar surface area (TPSA) is 51.4 Å². The Hall–Kier alpha value is -1.13. The van der Waals surface area contributed by atoms with E-state index in [0.29, 0.717) is 12.6 Å². The fourth-order valence-corrected chi connectivity index (χ4v) is 2.29. The Bertz CT molecular complexity index is 356. The molecule has 0 radical (unpaired) electrons. The molecule has 0 amide bonds. The summed E-state index contributed by atoms with van der Waals surface area (Å²) in [7, 11) is 2.07. The second-order valence-corrected chi connectivity index (χ2v) is 4.23. The van der Waals surface area contributed by atoms with E-state index < -0.39 is 0 Å². The first-order valence-corrected chi connectivity index (χ1v) is 5.72. The summed E-state index contributed by atoms with van der Waals surface area (Å²) in [5.41, 5.74) is 6.81. The fourth-order valence-electron chi connectivity index (χ4n) is 2.29. The number of likely N-dealkylation sites (N-methyl/N-ethyl adjacent to an activating group) is 1. The molecule has 1 saturated heterocycles. The Morgan fingerprint density at radius 2 is 2.44 bits per heavy atom. The SMILES string of the molecule is CC1OCCC1N(C)c1ncccc1CN. The van der Waals surface area contributed by atoms with Crippen molar-refractivity contribution in [3.8, 4) is 0 Å². The number of pyridine rings is 1. The lowest BCUT2D eigenvalue weighted by atomic mass is 10.1. The first-order valence-electron chi connectivity index (χ1n) is 5.72. The highest BCUT2D eigenvalue weighted by atomic mass is 16.5. The van der Waals surface area contributed by atoms with Gasteiger partial charge in [-0.3, -0.25) is 0 Å². The van der Waals surface area contributed by atoms with Crippen LogP contribution in [0, 0.1) is 0 Å². The van der Waals surface area contributed by atoms with Gasteiger partial charge in [0.15, 0.2) is 0 Å². The van der Waals surface area contributed by atoms with E-state index in [1.54, 1.807) is 0 Å². The zero-order chi connectivity index (χ0) is 11.5. The second kappa shape index (κ2) is 4.80. The average molecular weight is 221 g/mol. The summed E-state index contributed by atoms with van der Waals surface area (Å²) in [4.78, 5) is 6.61. The molecule has 0 saturated carbocycles. The maximum Gasteiger partial charge on any atom is 0.133 e. The minimum absolute atomic E-state index is 0.262. The maximum absolute atomic E-state index is 5.72. The minimum Gasteiger partial charge on any atom is -0.376 e. The Balaban J connectivity index is 2.22. The standard InChI is InChI=1S/C12H19N3O/c1-9-11(5-7-16-9)15(2)12-10(8-13)4-3-6-14-12/h3-4,6,9,11H,5,7-8,13H2,1-2H3. The minimum atomic E-state index is 0.262. The van der Waals surface area contributed by atoms with Gasteiger partial charge in [-0.2, -0.15) is 0 Å². The van der Waals surface area contributed by atoms with Gasteiger partial charge in [0.25, 0.3) is 0 Å². The van der Waals surface area contributed by atoms with Crippen LogP contribution < -0.4 is 10.6 Å². The van der Waals surface area contributed by atoms with Gasteiger partial charge < -0.3 is 15.4 Å². The number of hydrogen-bond donors (Lipinski definition) is 1. The molecule has 2 heterocycles. The van der Waals surface area contributed by atoms with Crippen molar-refractivity contribution >= 4 is 5.82 Å². The van der Waals surface area contributed by atoms with Crippen LogP contribution in [0.15, 0.2) is 18.3 Å². The highest BCUT2D eigenvalue weighted by Gasteiger charge is 2.29. The first kappa shape index (κ1) is 11.4. The largest absolute Gasteiger partial charge is 0.376 e. The number of anilines is 1. The van der Waals surface area contributed by atoms with Crippen LogP contribution in [0.25, 0.3) is 0 Å². The molecular formula is C12H19N3O. The lowest BCUT2D eigenvalue weighted by Crippen LogP contribution is -2.38. The molecule has 2 atom stereocenters. The number of aromatic nitrogens is 1. The predicted octanol–water partition coefficient (Wildman–Crippen LogP) is 1.15. The molecule has 2 unspecified atom stereocenters. The van der Waals surface area contributed by atoms with E-state index in [-0.39, 0.29) is 6.10 Å². The summed E-state index contributed by atoms with van der Waals surface area (Å²) in [5, 5.41) is 0. The average Bonchev–Trinajstić information content (AvgIpc) is 2.74. The van der Waals surface area contributed by atoms with Crippen LogP contribution in [0.3, 0.4) is 0 Å². The van der Waals surface area contributed by atoms with Crippen molar-refractivity contribution in [1.82, 2.24) is 4.98 Å². The third-order valence-corrected chi connectivity index (χ3v) is 3.26. The summed E-state index contributed by atoms with van der Waals surface area (Å²) >= 11 is 0. The van der Waals surface area contributed by atoms with Gasteiger partial charge in [-0.25, -0.2) is 4.98 Å². The van der Waals surface area contributed by atoms with Crippen LogP contribution in [-0.4, -0.2) is 30.8 Å². The summed E-state index contributed by atoms with van der Waals surface area (Å²) in [6.45, 7) is 3.47. The third-order valence-electron chi connectivity index (χ3n) is 3.26. The van der Waals surface area contributed by atoms with Crippen molar-refractivity contribution in [2.75, 3.05) is 18.6 Å². The van der Waals surface area contributed by atoms with E-state index in [2.05, 4.69) is 23.9 Å². The van der Waals surface area contributed by atoms with Crippen LogP contribution in [-0.2, 0) is 11.3 Å². The van der Waals surface area contributed by atoms with Crippen LogP contribution in [0.1, 0.15) is 18.9 Å². The Labute approximate surface area is 96.4 Å². The van der Waals surface area contributed by atoms with E-state index in [1.165, 1.54) is 0 Å². The summed E-state index contributed by atoms with van der Waals surface area (Å²) in [5.74, 6) is 0.979. The van der Waals surface area contributed by atoms with Gasteiger partial charge in [0.05, 0.1) is 12.1 Å². The zero-order valence-corrected chi connectivity index (χ0v) is 9.89. The number of rotatable bonds is 3. The highest BCUT2D eigenvalue weighted by molar-refractivity contribution is 5.47. The van der Waals surface area contributed by atoms with Gasteiger partial charge in [-0.15, -0.1) is 0 Å². The number of nitrogens with two attached hydrogens (primary N) is 1. The fraction of sp³-hybridized carbons (Fsp3) is 0.583. The molecule has 1 fully saturated rings. The van der Waals surface area contributed by atoms with Crippen LogP contribution in [0.2, 0.25) is 0 Å². The van der Waals surface area contributed by atoms with Gasteiger partial charge in [0.1, 0.15) is 5.82 Å². The van der Waals surface area contributed by atoms with Crippen molar-refractivity contribution in [3.63, 3.8) is 0 Å². The molecule has 4 nitrogen and oxygen atoms in total. The Kier molecular flexibility index (Phi) is 3.41. The molecule has 4 heteroatoms. The molecule has 1 aliphatic heterocycles. The monoisotopic (exact) mass is 221 g/mol. The summed E-state index contributed by atoms with van der Waals surface area (Å²) < 4.78 is 5.58. The van der Waals surface area contributed by atoms with Gasteiger partial charge in [0.2, 0.25) is 0 Å². The normalized spacial score (nSPS) is 24.7. The molecule has 2 rings (SSSR count). The Morgan fingerprint density at radius 3 is 3.06 bits per heavy atom. The molecule has 0 aliphatic carbocycles. The predicted molar refractivity (Wildman–Crippen MR) is 64.4 cm³/mol. The molecule has 1 aliphatic rings. The van der Waals surface area contributed by atoms with E-state index in [4.69, 9.17) is 10.5 Å². The molecule has 88 valence electrons. The maximum atomic E-state index is 5.72. The first-order chi connectivity index (χ1) is 7.74. The van der Waals surface area contributed by atoms with E-state index in [1.807, 2.05) is 18.3 Å². The van der Waals surface area contributed by atoms with E-state index in [9.17, 15) is 0 Å². The van der Waals surface area contributed by atoms with Crippen molar-refractivity contribution in [3.05, 3.63) is 23.9 Å². The molecular weight excluding hydrogens is 202 g/mol. The van der Waals surface area contributed by atoms with Crippen LogP contribution in [0.5, 0.6) is 0 Å². The number of ether oxygens (including phenoxy) is 1.